The number of anilines is 2. The lowest BCUT2D eigenvalue weighted by Crippen LogP contribution is -2.42. The summed E-state index contributed by atoms with van der Waals surface area (Å²) in [5.41, 5.74) is -0.614. The van der Waals surface area contributed by atoms with Crippen LogP contribution in [-0.2, 0) is 16.2 Å². The molecule has 0 aromatic heterocycles. The normalized spacial score (nSPS) is 22.1. The summed E-state index contributed by atoms with van der Waals surface area (Å²) in [5, 5.41) is 0. The van der Waals surface area contributed by atoms with Crippen LogP contribution >= 0.6 is 0 Å². The van der Waals surface area contributed by atoms with Gasteiger partial charge >= 0.3 is 6.18 Å². The maximum absolute atomic E-state index is 13.3. The van der Waals surface area contributed by atoms with E-state index in [9.17, 15) is 26.0 Å². The van der Waals surface area contributed by atoms with Crippen LogP contribution in [0.3, 0.4) is 0 Å². The second kappa shape index (κ2) is 8.33. The van der Waals surface area contributed by atoms with E-state index in [1.807, 2.05) is 4.90 Å². The third kappa shape index (κ3) is 4.81. The summed E-state index contributed by atoms with van der Waals surface area (Å²) in [6.45, 7) is 1.36. The summed E-state index contributed by atoms with van der Waals surface area (Å²) in [4.78, 5) is 1.76. The van der Waals surface area contributed by atoms with Gasteiger partial charge in [-0.05, 0) is 67.1 Å². The van der Waals surface area contributed by atoms with Crippen molar-refractivity contribution < 1.29 is 26.0 Å². The van der Waals surface area contributed by atoms with E-state index < -0.39 is 27.6 Å². The lowest BCUT2D eigenvalue weighted by atomic mass is 9.75. The molecule has 4 rings (SSSR count). The Balaban J connectivity index is 1.68. The molecule has 2 atom stereocenters. The van der Waals surface area contributed by atoms with Crippen molar-refractivity contribution in [1.82, 2.24) is 0 Å². The summed E-state index contributed by atoms with van der Waals surface area (Å²) >= 11 is 0. The zero-order valence-corrected chi connectivity index (χ0v) is 17.6. The molecule has 1 saturated carbocycles. The van der Waals surface area contributed by atoms with Gasteiger partial charge in [0.15, 0.2) is 0 Å². The van der Waals surface area contributed by atoms with Gasteiger partial charge in [0.25, 0.3) is 10.0 Å². The number of sulfonamides is 1. The van der Waals surface area contributed by atoms with E-state index in [1.54, 1.807) is 0 Å². The standard InChI is InChI=1S/C22H24F4N2O2S/c23-18-6-8-19(9-7-18)31(29,30)27-20-13-17(22(24,25)26)5-10-21(20)28-12-11-15-3-1-2-4-16(15)14-28/h5-10,13,15-16,27H,1-4,11-12,14H2/t15-,16-/m0/s1. The van der Waals surface area contributed by atoms with Gasteiger partial charge in [0.05, 0.1) is 21.8 Å². The number of nitrogens with zero attached hydrogens (tertiary/aromatic N) is 1. The highest BCUT2D eigenvalue weighted by Crippen LogP contribution is 2.41. The molecule has 1 N–H and O–H groups in total. The monoisotopic (exact) mass is 456 g/mol. The molecular formula is C22H24F4N2O2S. The second-order valence-electron chi connectivity index (χ2n) is 8.33. The molecule has 1 aliphatic carbocycles. The van der Waals surface area contributed by atoms with Gasteiger partial charge in [0.1, 0.15) is 5.82 Å². The van der Waals surface area contributed by atoms with Crippen LogP contribution in [0.4, 0.5) is 28.9 Å². The molecule has 4 nitrogen and oxygen atoms in total. The Morgan fingerprint density at radius 3 is 2.29 bits per heavy atom. The largest absolute Gasteiger partial charge is 0.416 e. The van der Waals surface area contributed by atoms with Crippen LogP contribution in [0, 0.1) is 17.7 Å². The van der Waals surface area contributed by atoms with Crippen molar-refractivity contribution in [2.75, 3.05) is 22.7 Å². The van der Waals surface area contributed by atoms with Crippen LogP contribution in [0.2, 0.25) is 0 Å². The lowest BCUT2D eigenvalue weighted by molar-refractivity contribution is -0.137. The number of benzene rings is 2. The van der Waals surface area contributed by atoms with Gasteiger partial charge < -0.3 is 4.90 Å². The summed E-state index contributed by atoms with van der Waals surface area (Å²) in [6.07, 6.45) is 0.949. The topological polar surface area (TPSA) is 49.4 Å². The maximum Gasteiger partial charge on any atom is 0.416 e. The SMILES string of the molecule is O=S(=O)(Nc1cc(C(F)(F)F)ccc1N1CC[C@@H]2CCCC[C@H]2C1)c1ccc(F)cc1. The third-order valence-corrected chi connectivity index (χ3v) is 7.71. The third-order valence-electron chi connectivity index (χ3n) is 6.32. The minimum atomic E-state index is -4.61. The van der Waals surface area contributed by atoms with Crippen molar-refractivity contribution in [3.8, 4) is 0 Å². The Labute approximate surface area is 179 Å². The Morgan fingerprint density at radius 2 is 1.61 bits per heavy atom. The van der Waals surface area contributed by atoms with Crippen molar-refractivity contribution >= 4 is 21.4 Å². The molecular weight excluding hydrogens is 432 g/mol. The molecule has 0 unspecified atom stereocenters. The van der Waals surface area contributed by atoms with Crippen LogP contribution in [0.5, 0.6) is 0 Å². The first-order chi connectivity index (χ1) is 14.6. The van der Waals surface area contributed by atoms with Gasteiger partial charge in [-0.25, -0.2) is 12.8 Å². The number of alkyl halides is 3. The molecule has 0 amide bonds. The quantitative estimate of drug-likeness (QED) is 0.604. The molecule has 1 saturated heterocycles. The van der Waals surface area contributed by atoms with E-state index in [4.69, 9.17) is 0 Å². The van der Waals surface area contributed by atoms with Gasteiger partial charge in [-0.1, -0.05) is 19.3 Å². The average Bonchev–Trinajstić information content (AvgIpc) is 2.73. The molecule has 2 fully saturated rings. The van der Waals surface area contributed by atoms with Crippen LogP contribution in [0.25, 0.3) is 0 Å². The highest BCUT2D eigenvalue weighted by molar-refractivity contribution is 7.92. The zero-order valence-electron chi connectivity index (χ0n) is 16.8. The predicted molar refractivity (Wildman–Crippen MR) is 111 cm³/mol. The van der Waals surface area contributed by atoms with E-state index in [-0.39, 0.29) is 10.6 Å². The molecule has 2 aromatic rings. The first-order valence-electron chi connectivity index (χ1n) is 10.4. The van der Waals surface area contributed by atoms with E-state index in [0.29, 0.717) is 30.6 Å². The molecule has 2 aliphatic rings. The van der Waals surface area contributed by atoms with Gasteiger partial charge in [0.2, 0.25) is 0 Å². The Kier molecular flexibility index (Phi) is 5.89. The molecule has 9 heteroatoms. The Hall–Kier alpha value is -2.29. The Bertz CT molecular complexity index is 1040. The van der Waals surface area contributed by atoms with Gasteiger partial charge in [-0.2, -0.15) is 13.2 Å². The van der Waals surface area contributed by atoms with Crippen LogP contribution in [-0.4, -0.2) is 21.5 Å². The van der Waals surface area contributed by atoms with Crippen LogP contribution in [0.1, 0.15) is 37.7 Å². The van der Waals surface area contributed by atoms with Crippen molar-refractivity contribution in [2.24, 2.45) is 11.8 Å². The number of hydrogen-bond donors (Lipinski definition) is 1. The van der Waals surface area contributed by atoms with E-state index in [1.165, 1.54) is 18.9 Å². The molecule has 0 spiro atoms. The summed E-state index contributed by atoms with van der Waals surface area (Å²) in [5.74, 6) is 0.485. The van der Waals surface area contributed by atoms with Crippen LogP contribution in [0.15, 0.2) is 47.4 Å². The van der Waals surface area contributed by atoms with E-state index in [2.05, 4.69) is 4.72 Å². The fourth-order valence-corrected chi connectivity index (χ4v) is 5.77. The minimum absolute atomic E-state index is 0.117. The fourth-order valence-electron chi connectivity index (χ4n) is 4.71. The van der Waals surface area contributed by atoms with E-state index in [0.717, 1.165) is 55.7 Å². The number of hydrogen-bond acceptors (Lipinski definition) is 3. The van der Waals surface area contributed by atoms with Crippen molar-refractivity contribution in [3.63, 3.8) is 0 Å². The second-order valence-corrected chi connectivity index (χ2v) is 10.0. The molecule has 1 heterocycles. The van der Waals surface area contributed by atoms with Gasteiger partial charge in [-0.3, -0.25) is 4.72 Å². The molecule has 2 aromatic carbocycles. The highest BCUT2D eigenvalue weighted by Gasteiger charge is 2.35. The lowest BCUT2D eigenvalue weighted by Gasteiger charge is -2.42. The molecule has 168 valence electrons. The smallest absolute Gasteiger partial charge is 0.370 e. The number of piperidine rings is 1. The predicted octanol–water partition coefficient (Wildman–Crippen LogP) is 5.66. The minimum Gasteiger partial charge on any atom is -0.370 e. The molecule has 0 bridgehead atoms. The average molecular weight is 457 g/mol. The van der Waals surface area contributed by atoms with Gasteiger partial charge in [0, 0.05) is 13.1 Å². The number of rotatable bonds is 4. The number of halogens is 4. The summed E-state index contributed by atoms with van der Waals surface area (Å²) in [6, 6.07) is 7.32. The zero-order chi connectivity index (χ0) is 22.2. The summed E-state index contributed by atoms with van der Waals surface area (Å²) in [7, 11) is -4.19. The van der Waals surface area contributed by atoms with E-state index >= 15 is 0 Å². The first-order valence-corrected chi connectivity index (χ1v) is 11.9. The van der Waals surface area contributed by atoms with Crippen molar-refractivity contribution in [3.05, 3.63) is 53.8 Å². The maximum atomic E-state index is 13.3. The molecule has 0 radical (unpaired) electrons. The highest BCUT2D eigenvalue weighted by atomic mass is 32.2. The summed E-state index contributed by atoms with van der Waals surface area (Å²) < 4.78 is 81.1. The van der Waals surface area contributed by atoms with Crippen molar-refractivity contribution in [2.45, 2.75) is 43.2 Å². The number of nitrogens with one attached hydrogen (secondary N) is 1. The van der Waals surface area contributed by atoms with Crippen molar-refractivity contribution in [1.29, 1.82) is 0 Å². The molecule has 31 heavy (non-hydrogen) atoms. The van der Waals surface area contributed by atoms with Gasteiger partial charge in [-0.15, -0.1) is 0 Å². The molecule has 1 aliphatic heterocycles. The first kappa shape index (κ1) is 21.9. The Morgan fingerprint density at radius 1 is 0.935 bits per heavy atom. The van der Waals surface area contributed by atoms with Crippen LogP contribution < -0.4 is 9.62 Å². The fraction of sp³-hybridized carbons (Fsp3) is 0.455. The number of fused-ring (bicyclic) bond motifs is 1.